The van der Waals surface area contributed by atoms with E-state index in [1.807, 2.05) is 6.92 Å². The van der Waals surface area contributed by atoms with Crippen molar-refractivity contribution >= 4 is 17.7 Å². The van der Waals surface area contributed by atoms with Crippen molar-refractivity contribution < 1.29 is 4.79 Å². The molecule has 0 radical (unpaired) electrons. The maximum absolute atomic E-state index is 12.1. The molecule has 0 saturated heterocycles. The van der Waals surface area contributed by atoms with Crippen LogP contribution >= 0.6 is 11.8 Å². The van der Waals surface area contributed by atoms with Crippen molar-refractivity contribution in [2.45, 2.75) is 62.6 Å². The molecule has 1 N–H and O–H groups in total. The van der Waals surface area contributed by atoms with Crippen molar-refractivity contribution in [2.24, 2.45) is 0 Å². The van der Waals surface area contributed by atoms with Gasteiger partial charge in [-0.15, -0.1) is 11.8 Å². The third-order valence-corrected chi connectivity index (χ3v) is 4.96. The summed E-state index contributed by atoms with van der Waals surface area (Å²) in [5.41, 5.74) is 2.58. The molecular formula is C16H23NOS. The molecule has 0 aromatic heterocycles. The summed E-state index contributed by atoms with van der Waals surface area (Å²) in [5.74, 6) is 0.176. The molecule has 0 aliphatic heterocycles. The van der Waals surface area contributed by atoms with Gasteiger partial charge in [0.25, 0.3) is 0 Å². The number of thioether (sulfide) groups is 1. The molecule has 1 aliphatic carbocycles. The Bertz CT molecular complexity index is 452. The second-order valence-corrected chi connectivity index (χ2v) is 6.91. The van der Waals surface area contributed by atoms with Gasteiger partial charge in [-0.3, -0.25) is 4.79 Å². The highest BCUT2D eigenvalue weighted by Crippen LogP contribution is 2.26. The van der Waals surface area contributed by atoms with E-state index < -0.39 is 0 Å². The van der Waals surface area contributed by atoms with E-state index in [0.717, 1.165) is 12.8 Å². The number of hydrogen-bond acceptors (Lipinski definition) is 2. The Morgan fingerprint density at radius 1 is 1.26 bits per heavy atom. The van der Waals surface area contributed by atoms with E-state index in [4.69, 9.17) is 0 Å². The van der Waals surface area contributed by atoms with Crippen molar-refractivity contribution in [1.29, 1.82) is 0 Å². The zero-order valence-corrected chi connectivity index (χ0v) is 12.8. The van der Waals surface area contributed by atoms with Crippen LogP contribution < -0.4 is 5.32 Å². The Morgan fingerprint density at radius 3 is 2.58 bits per heavy atom. The number of carbonyl (C=O) groups is 1. The topological polar surface area (TPSA) is 29.1 Å². The van der Waals surface area contributed by atoms with Crippen molar-refractivity contribution in [1.82, 2.24) is 5.32 Å². The first-order valence-corrected chi connectivity index (χ1v) is 7.98. The van der Waals surface area contributed by atoms with E-state index in [1.54, 1.807) is 11.8 Å². The standard InChI is InChI=1S/C16H23NOS/c1-11-8-9-15(10-12(11)2)19-13(3)16(18)17-14-6-4-5-7-14/h8-10,13-14H,4-7H2,1-3H3,(H,17,18)/t13-/m1/s1. The smallest absolute Gasteiger partial charge is 0.233 e. The van der Waals surface area contributed by atoms with Crippen LogP contribution in [-0.2, 0) is 4.79 Å². The molecule has 0 heterocycles. The monoisotopic (exact) mass is 277 g/mol. The Morgan fingerprint density at radius 2 is 1.95 bits per heavy atom. The van der Waals surface area contributed by atoms with E-state index in [1.165, 1.54) is 28.9 Å². The van der Waals surface area contributed by atoms with Crippen LogP contribution in [0.5, 0.6) is 0 Å². The fourth-order valence-corrected chi connectivity index (χ4v) is 3.41. The van der Waals surface area contributed by atoms with Crippen molar-refractivity contribution in [3.63, 3.8) is 0 Å². The quantitative estimate of drug-likeness (QED) is 0.847. The highest BCUT2D eigenvalue weighted by atomic mass is 32.2. The lowest BCUT2D eigenvalue weighted by atomic mass is 10.1. The van der Waals surface area contributed by atoms with Gasteiger partial charge in [0.05, 0.1) is 5.25 Å². The summed E-state index contributed by atoms with van der Waals surface area (Å²) in [6.07, 6.45) is 4.80. The first-order chi connectivity index (χ1) is 9.06. The van der Waals surface area contributed by atoms with Crippen LogP contribution in [0.1, 0.15) is 43.7 Å². The molecule has 3 heteroatoms. The Labute approximate surface area is 120 Å². The van der Waals surface area contributed by atoms with Crippen LogP contribution in [-0.4, -0.2) is 17.2 Å². The molecule has 19 heavy (non-hydrogen) atoms. The van der Waals surface area contributed by atoms with Crippen LogP contribution in [0.15, 0.2) is 23.1 Å². The SMILES string of the molecule is Cc1ccc(S[C@H](C)C(=O)NC2CCCC2)cc1C. The molecule has 2 nitrogen and oxygen atoms in total. The van der Waals surface area contributed by atoms with Gasteiger partial charge in [0.15, 0.2) is 0 Å². The van der Waals surface area contributed by atoms with Gasteiger partial charge >= 0.3 is 0 Å². The highest BCUT2D eigenvalue weighted by Gasteiger charge is 2.21. The average Bonchev–Trinajstić information content (AvgIpc) is 2.86. The fraction of sp³-hybridized carbons (Fsp3) is 0.562. The highest BCUT2D eigenvalue weighted by molar-refractivity contribution is 8.00. The van der Waals surface area contributed by atoms with Crippen LogP contribution in [0.2, 0.25) is 0 Å². The molecule has 2 rings (SSSR count). The van der Waals surface area contributed by atoms with E-state index >= 15 is 0 Å². The van der Waals surface area contributed by atoms with Gasteiger partial charge in [0.1, 0.15) is 0 Å². The summed E-state index contributed by atoms with van der Waals surface area (Å²) in [7, 11) is 0. The summed E-state index contributed by atoms with van der Waals surface area (Å²) < 4.78 is 0. The molecule has 1 atom stereocenters. The minimum Gasteiger partial charge on any atom is -0.352 e. The molecule has 1 aliphatic rings. The van der Waals surface area contributed by atoms with Crippen LogP contribution in [0.3, 0.4) is 0 Å². The minimum atomic E-state index is -0.0253. The maximum atomic E-state index is 12.1. The van der Waals surface area contributed by atoms with E-state index in [9.17, 15) is 4.79 Å². The predicted molar refractivity (Wildman–Crippen MR) is 81.6 cm³/mol. The van der Waals surface area contributed by atoms with Crippen molar-refractivity contribution in [2.75, 3.05) is 0 Å². The lowest BCUT2D eigenvalue weighted by Gasteiger charge is -2.16. The number of carbonyl (C=O) groups excluding carboxylic acids is 1. The largest absolute Gasteiger partial charge is 0.352 e. The van der Waals surface area contributed by atoms with Gasteiger partial charge in [-0.25, -0.2) is 0 Å². The van der Waals surface area contributed by atoms with Gasteiger partial charge in [-0.05, 0) is 56.9 Å². The number of hydrogen-bond donors (Lipinski definition) is 1. The fourth-order valence-electron chi connectivity index (χ4n) is 2.43. The third kappa shape index (κ3) is 4.00. The molecule has 0 unspecified atom stereocenters. The molecule has 1 fully saturated rings. The molecular weight excluding hydrogens is 254 g/mol. The number of nitrogens with one attached hydrogen (secondary N) is 1. The van der Waals surface area contributed by atoms with Crippen LogP contribution in [0.25, 0.3) is 0 Å². The number of benzene rings is 1. The maximum Gasteiger partial charge on any atom is 0.233 e. The first-order valence-electron chi connectivity index (χ1n) is 7.10. The van der Waals surface area contributed by atoms with Crippen molar-refractivity contribution in [3.05, 3.63) is 29.3 Å². The molecule has 0 spiro atoms. The Hall–Kier alpha value is -0.960. The zero-order chi connectivity index (χ0) is 13.8. The predicted octanol–water partition coefficient (Wildman–Crippen LogP) is 3.84. The minimum absolute atomic E-state index is 0.0253. The lowest BCUT2D eigenvalue weighted by Crippen LogP contribution is -2.37. The molecule has 104 valence electrons. The Kier molecular flexibility index (Phi) is 4.92. The van der Waals surface area contributed by atoms with Crippen LogP contribution in [0.4, 0.5) is 0 Å². The zero-order valence-electron chi connectivity index (χ0n) is 12.0. The second-order valence-electron chi connectivity index (χ2n) is 5.50. The third-order valence-electron chi connectivity index (χ3n) is 3.86. The molecule has 1 saturated carbocycles. The van der Waals surface area contributed by atoms with E-state index in [2.05, 4.69) is 37.4 Å². The second kappa shape index (κ2) is 6.47. The average molecular weight is 277 g/mol. The number of aryl methyl sites for hydroxylation is 2. The van der Waals surface area contributed by atoms with Gasteiger partial charge in [-0.1, -0.05) is 18.9 Å². The van der Waals surface area contributed by atoms with Gasteiger partial charge in [0, 0.05) is 10.9 Å². The normalized spacial score (nSPS) is 17.4. The first kappa shape index (κ1) is 14.4. The lowest BCUT2D eigenvalue weighted by molar-refractivity contribution is -0.120. The summed E-state index contributed by atoms with van der Waals surface area (Å²) in [4.78, 5) is 13.3. The molecule has 1 amide bonds. The summed E-state index contributed by atoms with van der Waals surface area (Å²) >= 11 is 1.65. The Balaban J connectivity index is 1.90. The van der Waals surface area contributed by atoms with Crippen molar-refractivity contribution in [3.8, 4) is 0 Å². The van der Waals surface area contributed by atoms with Gasteiger partial charge in [0.2, 0.25) is 5.91 Å². The van der Waals surface area contributed by atoms with E-state index in [-0.39, 0.29) is 11.2 Å². The van der Waals surface area contributed by atoms with Crippen LogP contribution in [0, 0.1) is 13.8 Å². The van der Waals surface area contributed by atoms with E-state index in [0.29, 0.717) is 6.04 Å². The van der Waals surface area contributed by atoms with Gasteiger partial charge < -0.3 is 5.32 Å². The molecule has 1 aromatic rings. The number of rotatable bonds is 4. The van der Waals surface area contributed by atoms with Gasteiger partial charge in [-0.2, -0.15) is 0 Å². The summed E-state index contributed by atoms with van der Waals surface area (Å²) in [5, 5.41) is 3.14. The number of amides is 1. The summed E-state index contributed by atoms with van der Waals surface area (Å²) in [6, 6.07) is 6.81. The summed E-state index contributed by atoms with van der Waals surface area (Å²) in [6.45, 7) is 6.22. The molecule has 0 bridgehead atoms. The molecule has 1 aromatic carbocycles.